The van der Waals surface area contributed by atoms with E-state index >= 15 is 0 Å². The van der Waals surface area contributed by atoms with Gasteiger partial charge in [-0.2, -0.15) is 0 Å². The number of hydrogen-bond acceptors (Lipinski definition) is 4. The minimum absolute atomic E-state index is 0.0502. The lowest BCUT2D eigenvalue weighted by Gasteiger charge is -2.26. The summed E-state index contributed by atoms with van der Waals surface area (Å²) < 4.78 is 7.56. The molecule has 152 valence electrons. The molecule has 1 aliphatic rings. The number of carbonyl (C=O) groups is 1. The summed E-state index contributed by atoms with van der Waals surface area (Å²) in [5.41, 5.74) is 12.2. The van der Waals surface area contributed by atoms with Crippen LogP contribution < -0.4 is 11.1 Å². The highest BCUT2D eigenvalue weighted by molar-refractivity contribution is 6.05. The largest absolute Gasteiger partial charge is 0.396 e. The van der Waals surface area contributed by atoms with Gasteiger partial charge in [-0.3, -0.25) is 4.79 Å². The molecule has 1 fully saturated rings. The zero-order chi connectivity index (χ0) is 20.4. The van der Waals surface area contributed by atoms with Crippen molar-refractivity contribution in [2.45, 2.75) is 20.4 Å². The zero-order valence-corrected chi connectivity index (χ0v) is 17.1. The van der Waals surface area contributed by atoms with Gasteiger partial charge in [0.1, 0.15) is 0 Å². The van der Waals surface area contributed by atoms with E-state index in [2.05, 4.69) is 48.0 Å². The van der Waals surface area contributed by atoms with Crippen molar-refractivity contribution in [2.75, 3.05) is 43.9 Å². The Balaban J connectivity index is 1.76. The molecule has 1 amide bonds. The molecule has 2 aromatic carbocycles. The Morgan fingerprint density at radius 2 is 1.83 bits per heavy atom. The fourth-order valence-electron chi connectivity index (χ4n) is 4.05. The van der Waals surface area contributed by atoms with E-state index in [0.717, 1.165) is 46.6 Å². The molecule has 3 aromatic rings. The fourth-order valence-corrected chi connectivity index (χ4v) is 4.05. The molecule has 0 bridgehead atoms. The average molecular weight is 393 g/mol. The monoisotopic (exact) mass is 392 g/mol. The van der Waals surface area contributed by atoms with Gasteiger partial charge in [-0.15, -0.1) is 0 Å². The molecular weight excluding hydrogens is 364 g/mol. The maximum Gasteiger partial charge on any atom is 0.254 e. The molecule has 1 aromatic heterocycles. The maximum absolute atomic E-state index is 12.9. The third-order valence-electron chi connectivity index (χ3n) is 5.50. The van der Waals surface area contributed by atoms with Crippen LogP contribution in [0.4, 0.5) is 11.4 Å². The van der Waals surface area contributed by atoms with Gasteiger partial charge in [0, 0.05) is 48.4 Å². The summed E-state index contributed by atoms with van der Waals surface area (Å²) in [4.78, 5) is 14.8. The summed E-state index contributed by atoms with van der Waals surface area (Å²) in [6.07, 6.45) is 0. The van der Waals surface area contributed by atoms with Gasteiger partial charge in [-0.1, -0.05) is 12.1 Å². The molecule has 6 nitrogen and oxygen atoms in total. The number of nitrogens with zero attached hydrogens (tertiary/aromatic N) is 2. The Morgan fingerprint density at radius 1 is 1.10 bits per heavy atom. The number of rotatable bonds is 5. The van der Waals surface area contributed by atoms with Crippen LogP contribution in [0, 0.1) is 0 Å². The molecular formula is C23H28N4O2. The minimum Gasteiger partial charge on any atom is -0.396 e. The minimum atomic E-state index is 0.0502. The number of fused-ring (bicyclic) bond motifs is 1. The van der Waals surface area contributed by atoms with E-state index in [9.17, 15) is 4.79 Å². The van der Waals surface area contributed by atoms with Crippen LogP contribution in [0.1, 0.15) is 24.2 Å². The number of benzene rings is 2. The second-order valence-corrected chi connectivity index (χ2v) is 7.25. The normalized spacial score (nSPS) is 14.3. The lowest BCUT2D eigenvalue weighted by atomic mass is 10.1. The van der Waals surface area contributed by atoms with Gasteiger partial charge in [0.25, 0.3) is 5.91 Å². The number of aryl methyl sites for hydroxylation is 1. The molecule has 4 rings (SSSR count). The quantitative estimate of drug-likeness (QED) is 0.692. The summed E-state index contributed by atoms with van der Waals surface area (Å²) in [6, 6.07) is 14.2. The number of hydrogen-bond donors (Lipinski definition) is 2. The van der Waals surface area contributed by atoms with E-state index in [1.165, 1.54) is 0 Å². The van der Waals surface area contributed by atoms with Crippen LogP contribution in [-0.4, -0.2) is 48.2 Å². The van der Waals surface area contributed by atoms with Crippen molar-refractivity contribution in [3.63, 3.8) is 0 Å². The first kappa shape index (κ1) is 19.3. The van der Waals surface area contributed by atoms with Crippen molar-refractivity contribution in [1.82, 2.24) is 9.47 Å². The lowest BCUT2D eigenvalue weighted by Crippen LogP contribution is -2.40. The first-order valence-corrected chi connectivity index (χ1v) is 10.3. The smallest absolute Gasteiger partial charge is 0.254 e. The van der Waals surface area contributed by atoms with Crippen LogP contribution in [0.3, 0.4) is 0 Å². The van der Waals surface area contributed by atoms with Crippen LogP contribution in [0.5, 0.6) is 0 Å². The SMILES string of the molecule is CCNc1ccc(-c2c(N)c3ccc(C(=O)N4CCOCC4)cc3n2CC)cc1. The number of amides is 1. The molecule has 0 saturated carbocycles. The van der Waals surface area contributed by atoms with Gasteiger partial charge in [-0.25, -0.2) is 0 Å². The third kappa shape index (κ3) is 3.56. The molecule has 0 unspecified atom stereocenters. The lowest BCUT2D eigenvalue weighted by molar-refractivity contribution is 0.0303. The first-order valence-electron chi connectivity index (χ1n) is 10.3. The third-order valence-corrected chi connectivity index (χ3v) is 5.50. The van der Waals surface area contributed by atoms with E-state index in [-0.39, 0.29) is 5.91 Å². The fraction of sp³-hybridized carbons (Fsp3) is 0.348. The predicted octanol–water partition coefficient (Wildman–Crippen LogP) is 3.81. The van der Waals surface area contributed by atoms with Crippen molar-refractivity contribution >= 4 is 28.2 Å². The Bertz CT molecular complexity index is 1020. The second kappa shape index (κ2) is 8.17. The Labute approximate surface area is 171 Å². The predicted molar refractivity (Wildman–Crippen MR) is 118 cm³/mol. The molecule has 0 aliphatic carbocycles. The highest BCUT2D eigenvalue weighted by Gasteiger charge is 2.21. The van der Waals surface area contributed by atoms with Gasteiger partial charge in [-0.05, 0) is 44.2 Å². The number of nitrogens with two attached hydrogens (primary N) is 1. The number of ether oxygens (including phenoxy) is 1. The second-order valence-electron chi connectivity index (χ2n) is 7.25. The Kier molecular flexibility index (Phi) is 5.45. The molecule has 0 atom stereocenters. The molecule has 3 N–H and O–H groups in total. The highest BCUT2D eigenvalue weighted by atomic mass is 16.5. The summed E-state index contributed by atoms with van der Waals surface area (Å²) in [5, 5.41) is 4.30. The molecule has 1 saturated heterocycles. The van der Waals surface area contributed by atoms with Crippen molar-refractivity contribution in [1.29, 1.82) is 0 Å². The van der Waals surface area contributed by atoms with E-state index in [4.69, 9.17) is 10.5 Å². The first-order chi connectivity index (χ1) is 14.1. The van der Waals surface area contributed by atoms with Crippen molar-refractivity contribution in [3.8, 4) is 11.3 Å². The average Bonchev–Trinajstić information content (AvgIpc) is 3.05. The van der Waals surface area contributed by atoms with Crippen molar-refractivity contribution < 1.29 is 9.53 Å². The van der Waals surface area contributed by atoms with Crippen molar-refractivity contribution in [2.24, 2.45) is 0 Å². The molecule has 0 radical (unpaired) electrons. The van der Waals surface area contributed by atoms with Crippen LogP contribution in [0.25, 0.3) is 22.2 Å². The molecule has 6 heteroatoms. The molecule has 0 spiro atoms. The Morgan fingerprint density at radius 3 is 2.48 bits per heavy atom. The maximum atomic E-state index is 12.9. The zero-order valence-electron chi connectivity index (χ0n) is 17.1. The number of carbonyl (C=O) groups excluding carboxylic acids is 1. The molecule has 1 aliphatic heterocycles. The molecule has 29 heavy (non-hydrogen) atoms. The van der Waals surface area contributed by atoms with Crippen molar-refractivity contribution in [3.05, 3.63) is 48.0 Å². The van der Waals surface area contributed by atoms with Gasteiger partial charge in [0.2, 0.25) is 0 Å². The van der Waals surface area contributed by atoms with Crippen LogP contribution in [-0.2, 0) is 11.3 Å². The number of nitrogens with one attached hydrogen (secondary N) is 1. The standard InChI is InChI=1S/C23H28N4O2/c1-3-25-18-8-5-16(6-9-18)22-21(24)19-10-7-17(15-20(19)27(22)4-2)23(28)26-11-13-29-14-12-26/h5-10,15,25H,3-4,11-14,24H2,1-2H3. The summed E-state index contributed by atoms with van der Waals surface area (Å²) in [6.45, 7) is 8.30. The van der Waals surface area contributed by atoms with Gasteiger partial charge >= 0.3 is 0 Å². The van der Waals surface area contributed by atoms with Crippen LogP contribution >= 0.6 is 0 Å². The van der Waals surface area contributed by atoms with Gasteiger partial charge < -0.3 is 25.3 Å². The van der Waals surface area contributed by atoms with Crippen LogP contribution in [0.2, 0.25) is 0 Å². The molecule has 2 heterocycles. The summed E-state index contributed by atoms with van der Waals surface area (Å²) in [5.74, 6) is 0.0502. The number of anilines is 2. The number of morpholine rings is 1. The van der Waals surface area contributed by atoms with E-state index in [0.29, 0.717) is 31.9 Å². The summed E-state index contributed by atoms with van der Waals surface area (Å²) >= 11 is 0. The summed E-state index contributed by atoms with van der Waals surface area (Å²) in [7, 11) is 0. The van der Waals surface area contributed by atoms with E-state index in [1.54, 1.807) is 0 Å². The van der Waals surface area contributed by atoms with E-state index in [1.807, 2.05) is 23.1 Å². The topological polar surface area (TPSA) is 72.5 Å². The van der Waals surface area contributed by atoms with Gasteiger partial charge in [0.05, 0.1) is 30.1 Å². The number of aromatic nitrogens is 1. The van der Waals surface area contributed by atoms with Crippen LogP contribution in [0.15, 0.2) is 42.5 Å². The Hall–Kier alpha value is -2.99. The number of nitrogen functional groups attached to an aromatic ring is 1. The highest BCUT2D eigenvalue weighted by Crippen LogP contribution is 2.37. The van der Waals surface area contributed by atoms with E-state index < -0.39 is 0 Å². The van der Waals surface area contributed by atoms with Gasteiger partial charge in [0.15, 0.2) is 0 Å².